The van der Waals surface area contributed by atoms with Gasteiger partial charge in [0.1, 0.15) is 5.75 Å². The molecule has 0 aliphatic heterocycles. The van der Waals surface area contributed by atoms with Crippen LogP contribution in [0.25, 0.3) is 11.4 Å². The summed E-state index contributed by atoms with van der Waals surface area (Å²) in [6.45, 7) is 2.09. The van der Waals surface area contributed by atoms with E-state index in [0.717, 1.165) is 5.56 Å². The summed E-state index contributed by atoms with van der Waals surface area (Å²) in [5, 5.41) is 15.6. The maximum Gasteiger partial charge on any atom is 0.270 e. The molecule has 0 aliphatic carbocycles. The molecule has 0 saturated heterocycles. The number of nitro benzene ring substituents is 1. The van der Waals surface area contributed by atoms with Crippen LogP contribution in [0.2, 0.25) is 5.02 Å². The molecule has 9 nitrogen and oxygen atoms in total. The molecule has 184 valence electrons. The van der Waals surface area contributed by atoms with E-state index in [2.05, 4.69) is 10.1 Å². The maximum absolute atomic E-state index is 13.2. The second-order valence-electron chi connectivity index (χ2n) is 7.99. The molecule has 0 spiro atoms. The van der Waals surface area contributed by atoms with Gasteiger partial charge in [-0.3, -0.25) is 14.9 Å². The van der Waals surface area contributed by atoms with Gasteiger partial charge in [-0.1, -0.05) is 59.2 Å². The standard InChI is InChI=1S/C26H23ClN4O5/c1-18(19-6-3-2-4-7-19)30(25(32)17-35-23-12-10-21(27)11-13-23)15-14-24-28-26(29-36-24)20-8-5-9-22(16-20)31(33)34/h2-13,16,18H,14-15,17H2,1H3/t18-/m1/s1. The second-order valence-corrected chi connectivity index (χ2v) is 8.42. The van der Waals surface area contributed by atoms with E-state index in [1.165, 1.54) is 12.1 Å². The zero-order valence-corrected chi connectivity index (χ0v) is 20.2. The molecule has 4 aromatic rings. The Morgan fingerprint density at radius 3 is 2.58 bits per heavy atom. The lowest BCUT2D eigenvalue weighted by Crippen LogP contribution is -2.38. The minimum absolute atomic E-state index is 0.0620. The molecule has 0 radical (unpaired) electrons. The van der Waals surface area contributed by atoms with Crippen molar-refractivity contribution in [1.29, 1.82) is 0 Å². The first kappa shape index (κ1) is 24.9. The van der Waals surface area contributed by atoms with Crippen LogP contribution in [0, 0.1) is 10.1 Å². The summed E-state index contributed by atoms with van der Waals surface area (Å²) in [5.41, 5.74) is 1.38. The number of carbonyl (C=O) groups excluding carboxylic acids is 1. The third kappa shape index (κ3) is 6.25. The lowest BCUT2D eigenvalue weighted by Gasteiger charge is -2.29. The van der Waals surface area contributed by atoms with Gasteiger partial charge in [-0.05, 0) is 36.8 Å². The Kier molecular flexibility index (Phi) is 7.92. The van der Waals surface area contributed by atoms with Gasteiger partial charge in [0.05, 0.1) is 11.0 Å². The van der Waals surface area contributed by atoms with Crippen molar-refractivity contribution in [1.82, 2.24) is 15.0 Å². The molecule has 1 atom stereocenters. The van der Waals surface area contributed by atoms with Crippen LogP contribution in [-0.2, 0) is 11.2 Å². The van der Waals surface area contributed by atoms with E-state index < -0.39 is 4.92 Å². The summed E-state index contributed by atoms with van der Waals surface area (Å²) in [6.07, 6.45) is 0.297. The number of non-ortho nitro benzene ring substituents is 1. The van der Waals surface area contributed by atoms with E-state index in [0.29, 0.717) is 35.2 Å². The molecule has 3 aromatic carbocycles. The number of rotatable bonds is 10. The Morgan fingerprint density at radius 2 is 1.86 bits per heavy atom. The third-order valence-electron chi connectivity index (χ3n) is 5.60. The van der Waals surface area contributed by atoms with Gasteiger partial charge in [-0.15, -0.1) is 0 Å². The molecule has 1 aromatic heterocycles. The number of aromatic nitrogens is 2. The molecule has 0 fully saturated rings. The van der Waals surface area contributed by atoms with Gasteiger partial charge in [0.15, 0.2) is 6.61 Å². The van der Waals surface area contributed by atoms with Gasteiger partial charge >= 0.3 is 0 Å². The zero-order chi connectivity index (χ0) is 25.5. The highest BCUT2D eigenvalue weighted by molar-refractivity contribution is 6.30. The monoisotopic (exact) mass is 506 g/mol. The van der Waals surface area contributed by atoms with Crippen molar-refractivity contribution in [2.45, 2.75) is 19.4 Å². The molecule has 0 saturated carbocycles. The van der Waals surface area contributed by atoms with Gasteiger partial charge < -0.3 is 14.2 Å². The van der Waals surface area contributed by atoms with Crippen LogP contribution in [-0.4, -0.2) is 39.0 Å². The van der Waals surface area contributed by atoms with Crippen molar-refractivity contribution < 1.29 is 19.0 Å². The number of hydrogen-bond acceptors (Lipinski definition) is 7. The number of amides is 1. The van der Waals surface area contributed by atoms with Crippen molar-refractivity contribution in [2.24, 2.45) is 0 Å². The van der Waals surface area contributed by atoms with E-state index in [9.17, 15) is 14.9 Å². The summed E-state index contributed by atoms with van der Waals surface area (Å²) in [7, 11) is 0. The van der Waals surface area contributed by atoms with Crippen molar-refractivity contribution in [3.63, 3.8) is 0 Å². The Bertz CT molecular complexity index is 1330. The van der Waals surface area contributed by atoms with Crippen LogP contribution in [0.1, 0.15) is 24.4 Å². The largest absolute Gasteiger partial charge is 0.484 e. The van der Waals surface area contributed by atoms with E-state index in [1.54, 1.807) is 41.3 Å². The molecular formula is C26H23ClN4O5. The lowest BCUT2D eigenvalue weighted by atomic mass is 10.1. The van der Waals surface area contributed by atoms with Crippen LogP contribution < -0.4 is 4.74 Å². The Hall–Kier alpha value is -4.24. The topological polar surface area (TPSA) is 112 Å². The highest BCUT2D eigenvalue weighted by Gasteiger charge is 2.23. The molecule has 4 rings (SSSR count). The summed E-state index contributed by atoms with van der Waals surface area (Å²) >= 11 is 5.92. The number of carbonyl (C=O) groups is 1. The summed E-state index contributed by atoms with van der Waals surface area (Å²) < 4.78 is 11.0. The molecule has 10 heteroatoms. The fourth-order valence-electron chi connectivity index (χ4n) is 3.65. The Balaban J connectivity index is 1.47. The van der Waals surface area contributed by atoms with Crippen molar-refractivity contribution >= 4 is 23.2 Å². The zero-order valence-electron chi connectivity index (χ0n) is 19.4. The average Bonchev–Trinajstić information content (AvgIpc) is 3.38. The quantitative estimate of drug-likeness (QED) is 0.206. The van der Waals surface area contributed by atoms with Crippen LogP contribution in [0.4, 0.5) is 5.69 Å². The predicted molar refractivity (Wildman–Crippen MR) is 134 cm³/mol. The van der Waals surface area contributed by atoms with Gasteiger partial charge in [0.25, 0.3) is 11.6 Å². The van der Waals surface area contributed by atoms with Crippen LogP contribution >= 0.6 is 11.6 Å². The van der Waals surface area contributed by atoms with Crippen LogP contribution in [0.5, 0.6) is 5.75 Å². The fourth-order valence-corrected chi connectivity index (χ4v) is 3.78. The number of halogens is 1. The van der Waals surface area contributed by atoms with E-state index in [-0.39, 0.29) is 30.1 Å². The van der Waals surface area contributed by atoms with E-state index >= 15 is 0 Å². The van der Waals surface area contributed by atoms with Gasteiger partial charge in [0, 0.05) is 35.7 Å². The first-order valence-corrected chi connectivity index (χ1v) is 11.6. The van der Waals surface area contributed by atoms with Gasteiger partial charge in [-0.25, -0.2) is 0 Å². The molecule has 0 N–H and O–H groups in total. The summed E-state index contributed by atoms with van der Waals surface area (Å²) in [6, 6.07) is 22.2. The molecule has 0 aliphatic rings. The average molecular weight is 507 g/mol. The normalized spacial score (nSPS) is 11.6. The van der Waals surface area contributed by atoms with Gasteiger partial charge in [0.2, 0.25) is 11.7 Å². The van der Waals surface area contributed by atoms with Crippen molar-refractivity contribution in [2.75, 3.05) is 13.2 Å². The molecule has 1 amide bonds. The maximum atomic E-state index is 13.2. The minimum Gasteiger partial charge on any atom is -0.484 e. The van der Waals surface area contributed by atoms with Crippen molar-refractivity contribution in [3.8, 4) is 17.1 Å². The summed E-state index contributed by atoms with van der Waals surface area (Å²) in [5.74, 6) is 0.889. The van der Waals surface area contributed by atoms with Crippen LogP contribution in [0.15, 0.2) is 83.4 Å². The smallest absolute Gasteiger partial charge is 0.270 e. The first-order valence-electron chi connectivity index (χ1n) is 11.2. The number of ether oxygens (including phenoxy) is 1. The second kappa shape index (κ2) is 11.5. The Morgan fingerprint density at radius 1 is 1.11 bits per heavy atom. The predicted octanol–water partition coefficient (Wildman–Crippen LogP) is 5.51. The third-order valence-corrected chi connectivity index (χ3v) is 5.85. The molecule has 0 bridgehead atoms. The number of nitro groups is 1. The molecule has 36 heavy (non-hydrogen) atoms. The lowest BCUT2D eigenvalue weighted by molar-refractivity contribution is -0.384. The highest BCUT2D eigenvalue weighted by Crippen LogP contribution is 2.24. The number of nitrogens with zero attached hydrogens (tertiary/aromatic N) is 4. The first-order chi connectivity index (χ1) is 17.4. The molecule has 1 heterocycles. The van der Waals surface area contributed by atoms with Crippen LogP contribution in [0.3, 0.4) is 0 Å². The molecule has 0 unspecified atom stereocenters. The molecular weight excluding hydrogens is 484 g/mol. The Labute approximate surface area is 212 Å². The van der Waals surface area contributed by atoms with E-state index in [1.807, 2.05) is 37.3 Å². The highest BCUT2D eigenvalue weighted by atomic mass is 35.5. The SMILES string of the molecule is C[C@H](c1ccccc1)N(CCc1nc(-c2cccc([N+](=O)[O-])c2)no1)C(=O)COc1ccc(Cl)cc1. The minimum atomic E-state index is -0.481. The van der Waals surface area contributed by atoms with Crippen molar-refractivity contribution in [3.05, 3.63) is 105 Å². The fraction of sp³-hybridized carbons (Fsp3) is 0.192. The number of benzene rings is 3. The number of hydrogen-bond donors (Lipinski definition) is 0. The van der Waals surface area contributed by atoms with E-state index in [4.69, 9.17) is 20.9 Å². The summed E-state index contributed by atoms with van der Waals surface area (Å²) in [4.78, 5) is 29.8. The van der Waals surface area contributed by atoms with Gasteiger partial charge in [-0.2, -0.15) is 4.98 Å².